The summed E-state index contributed by atoms with van der Waals surface area (Å²) >= 11 is 0. The number of methoxy groups -OCH3 is 1. The first-order chi connectivity index (χ1) is 18.2. The molecule has 3 fully saturated rings. The van der Waals surface area contributed by atoms with Crippen LogP contribution in [0.2, 0.25) is 0 Å². The van der Waals surface area contributed by atoms with Crippen molar-refractivity contribution in [3.63, 3.8) is 0 Å². The van der Waals surface area contributed by atoms with Crippen molar-refractivity contribution in [2.24, 2.45) is 5.11 Å². The third kappa shape index (κ3) is 6.39. The van der Waals surface area contributed by atoms with Crippen molar-refractivity contribution in [1.29, 1.82) is 0 Å². The van der Waals surface area contributed by atoms with Gasteiger partial charge in [0.2, 0.25) is 0 Å². The van der Waals surface area contributed by atoms with Crippen LogP contribution in [0.15, 0.2) is 53.6 Å². The number of nitrogens with one attached hydrogen (secondary N) is 1. The molecule has 1 saturated heterocycles. The van der Waals surface area contributed by atoms with Crippen molar-refractivity contribution in [1.82, 2.24) is 5.48 Å². The Balaban J connectivity index is 1.35. The average molecular weight is 507 g/mol. The van der Waals surface area contributed by atoms with Crippen molar-refractivity contribution in [3.8, 4) is 11.5 Å². The van der Waals surface area contributed by atoms with E-state index in [1.54, 1.807) is 7.11 Å². The minimum Gasteiger partial charge on any atom is -0.493 e. The fourth-order valence-electron chi connectivity index (χ4n) is 6.14. The summed E-state index contributed by atoms with van der Waals surface area (Å²) < 4.78 is 18.6. The normalized spacial score (nSPS) is 28.4. The maximum absolute atomic E-state index is 8.96. The number of azide groups is 1. The van der Waals surface area contributed by atoms with E-state index in [0.29, 0.717) is 12.3 Å². The molecular formula is C29H38N4O4. The zero-order chi connectivity index (χ0) is 25.5. The van der Waals surface area contributed by atoms with Gasteiger partial charge in [-0.2, -0.15) is 5.48 Å². The highest BCUT2D eigenvalue weighted by Gasteiger charge is 2.37. The number of benzene rings is 2. The molecule has 0 aromatic heterocycles. The van der Waals surface area contributed by atoms with Gasteiger partial charge in [0.25, 0.3) is 0 Å². The summed E-state index contributed by atoms with van der Waals surface area (Å²) in [4.78, 5) is 8.98. The average Bonchev–Trinajstić information content (AvgIpc) is 3.46. The fraction of sp³-hybridized carbons (Fsp3) is 0.586. The molecule has 0 radical (unpaired) electrons. The molecule has 5 rings (SSSR count). The summed E-state index contributed by atoms with van der Waals surface area (Å²) in [5.74, 6) is 1.91. The fourth-order valence-corrected chi connectivity index (χ4v) is 6.14. The van der Waals surface area contributed by atoms with Crippen LogP contribution in [0.25, 0.3) is 10.4 Å². The summed E-state index contributed by atoms with van der Waals surface area (Å²) in [6, 6.07) is 16.6. The molecule has 8 heteroatoms. The lowest BCUT2D eigenvalue weighted by Crippen LogP contribution is -2.48. The van der Waals surface area contributed by atoms with Gasteiger partial charge in [0.05, 0.1) is 19.3 Å². The van der Waals surface area contributed by atoms with Crippen LogP contribution < -0.4 is 15.0 Å². The molecule has 1 heterocycles. The lowest BCUT2D eigenvalue weighted by molar-refractivity contribution is -0.241. The molecule has 2 saturated carbocycles. The lowest BCUT2D eigenvalue weighted by atomic mass is 9.81. The predicted octanol–water partition coefficient (Wildman–Crippen LogP) is 6.77. The summed E-state index contributed by atoms with van der Waals surface area (Å²) in [5, 5.41) is 3.84. The first-order valence-corrected chi connectivity index (χ1v) is 13.7. The van der Waals surface area contributed by atoms with E-state index in [4.69, 9.17) is 24.6 Å². The second-order valence-electron chi connectivity index (χ2n) is 10.4. The quantitative estimate of drug-likeness (QED) is 0.230. The molecule has 1 N–H and O–H groups in total. The van der Waals surface area contributed by atoms with Gasteiger partial charge in [0.1, 0.15) is 0 Å². The van der Waals surface area contributed by atoms with Gasteiger partial charge in [-0.3, -0.25) is 4.84 Å². The third-order valence-corrected chi connectivity index (χ3v) is 8.09. The van der Waals surface area contributed by atoms with E-state index in [1.165, 1.54) is 24.8 Å². The Bertz CT molecular complexity index is 1060. The van der Waals surface area contributed by atoms with Crippen LogP contribution in [-0.4, -0.2) is 38.2 Å². The molecule has 0 amide bonds. The highest BCUT2D eigenvalue weighted by molar-refractivity contribution is 5.44. The van der Waals surface area contributed by atoms with Crippen LogP contribution in [0.4, 0.5) is 0 Å². The first-order valence-electron chi connectivity index (χ1n) is 13.7. The molecule has 37 heavy (non-hydrogen) atoms. The monoisotopic (exact) mass is 506 g/mol. The van der Waals surface area contributed by atoms with Crippen LogP contribution in [-0.2, 0) is 9.57 Å². The van der Waals surface area contributed by atoms with E-state index < -0.39 is 6.29 Å². The predicted molar refractivity (Wildman–Crippen MR) is 142 cm³/mol. The van der Waals surface area contributed by atoms with Gasteiger partial charge in [-0.1, -0.05) is 54.4 Å². The Labute approximate surface area is 219 Å². The Morgan fingerprint density at radius 3 is 2.51 bits per heavy atom. The SMILES string of the molecule is COc1ccc([C@H]2C[C@H](O[C@@H]3CCCC[C@H]3c3ccccc3)ON[C@@H]2CN=[N+]=[N-])cc1OC1CCCC1. The highest BCUT2D eigenvalue weighted by Crippen LogP contribution is 2.40. The second-order valence-corrected chi connectivity index (χ2v) is 10.4. The number of ether oxygens (including phenoxy) is 3. The number of hydrogen-bond acceptors (Lipinski definition) is 6. The molecule has 8 nitrogen and oxygen atoms in total. The van der Waals surface area contributed by atoms with E-state index in [1.807, 2.05) is 6.07 Å². The maximum Gasteiger partial charge on any atom is 0.178 e. The topological polar surface area (TPSA) is 97.7 Å². The highest BCUT2D eigenvalue weighted by atomic mass is 16.8. The minimum absolute atomic E-state index is 0.0276. The molecule has 0 spiro atoms. The van der Waals surface area contributed by atoms with Gasteiger partial charge in [-0.25, -0.2) is 0 Å². The van der Waals surface area contributed by atoms with E-state index >= 15 is 0 Å². The zero-order valence-electron chi connectivity index (χ0n) is 21.6. The van der Waals surface area contributed by atoms with Crippen molar-refractivity contribution in [2.45, 2.75) is 94.2 Å². The molecule has 2 aliphatic carbocycles. The van der Waals surface area contributed by atoms with Gasteiger partial charge >= 0.3 is 0 Å². The standard InChI is InChI=1S/C29H38N4O4/c1-34-27-16-15-21(17-28(27)35-22-11-5-6-12-22)24-18-29(37-32-25(24)19-31-33-30)36-26-14-8-7-13-23(26)20-9-3-2-4-10-20/h2-4,9-10,15-17,22-26,29,32H,5-8,11-14,18-19H2,1H3/t23-,24+,25+,26+,29+/m0/s1. The molecular weight excluding hydrogens is 468 g/mol. The van der Waals surface area contributed by atoms with Crippen molar-refractivity contribution in [3.05, 3.63) is 70.1 Å². The van der Waals surface area contributed by atoms with Crippen LogP contribution in [0.3, 0.4) is 0 Å². The molecule has 3 aliphatic rings. The summed E-state index contributed by atoms with van der Waals surface area (Å²) in [6.45, 7) is 0.287. The van der Waals surface area contributed by atoms with Crippen LogP contribution in [0.5, 0.6) is 11.5 Å². The smallest absolute Gasteiger partial charge is 0.178 e. The summed E-state index contributed by atoms with van der Waals surface area (Å²) in [6.07, 6.45) is 9.68. The largest absolute Gasteiger partial charge is 0.493 e. The number of nitrogens with zero attached hydrogens (tertiary/aromatic N) is 3. The van der Waals surface area contributed by atoms with Crippen molar-refractivity contribution < 1.29 is 19.0 Å². The molecule has 0 unspecified atom stereocenters. The van der Waals surface area contributed by atoms with E-state index in [-0.39, 0.29) is 30.7 Å². The van der Waals surface area contributed by atoms with E-state index in [9.17, 15) is 0 Å². The summed E-state index contributed by atoms with van der Waals surface area (Å²) in [7, 11) is 1.67. The Morgan fingerprint density at radius 2 is 1.73 bits per heavy atom. The van der Waals surface area contributed by atoms with Gasteiger partial charge in [0, 0.05) is 35.8 Å². The number of hydroxylamine groups is 1. The van der Waals surface area contributed by atoms with Gasteiger partial charge < -0.3 is 14.2 Å². The van der Waals surface area contributed by atoms with E-state index in [0.717, 1.165) is 49.2 Å². The molecule has 5 atom stereocenters. The Kier molecular flexibility index (Phi) is 8.84. The zero-order valence-corrected chi connectivity index (χ0v) is 21.6. The lowest BCUT2D eigenvalue weighted by Gasteiger charge is -2.40. The molecule has 1 aliphatic heterocycles. The van der Waals surface area contributed by atoms with Crippen molar-refractivity contribution in [2.75, 3.05) is 13.7 Å². The maximum atomic E-state index is 8.96. The van der Waals surface area contributed by atoms with Gasteiger partial charge in [-0.05, 0) is 67.3 Å². The van der Waals surface area contributed by atoms with Crippen LogP contribution in [0, 0.1) is 0 Å². The Morgan fingerprint density at radius 1 is 0.946 bits per heavy atom. The van der Waals surface area contributed by atoms with Gasteiger partial charge in [0.15, 0.2) is 17.8 Å². The molecule has 0 bridgehead atoms. The second kappa shape index (κ2) is 12.7. The first kappa shape index (κ1) is 25.9. The number of rotatable bonds is 9. The number of hydrogen-bond donors (Lipinski definition) is 1. The summed E-state index contributed by atoms with van der Waals surface area (Å²) in [5.41, 5.74) is 14.5. The van der Waals surface area contributed by atoms with E-state index in [2.05, 4.69) is 58.0 Å². The minimum atomic E-state index is -0.400. The van der Waals surface area contributed by atoms with Crippen LogP contribution in [0.1, 0.15) is 80.8 Å². The Hall–Kier alpha value is -2.77. The molecule has 198 valence electrons. The van der Waals surface area contributed by atoms with Crippen molar-refractivity contribution >= 4 is 0 Å². The molecule has 2 aromatic carbocycles. The third-order valence-electron chi connectivity index (χ3n) is 8.09. The van der Waals surface area contributed by atoms with Crippen LogP contribution >= 0.6 is 0 Å². The molecule has 2 aromatic rings. The van der Waals surface area contributed by atoms with Gasteiger partial charge in [-0.15, -0.1) is 0 Å².